The third kappa shape index (κ3) is 2.60. The van der Waals surface area contributed by atoms with Crippen molar-refractivity contribution in [3.8, 4) is 0 Å². The average Bonchev–Trinajstić information content (AvgIpc) is 2.69. The lowest BCUT2D eigenvalue weighted by molar-refractivity contribution is -0.135. The van der Waals surface area contributed by atoms with Crippen molar-refractivity contribution in [1.82, 2.24) is 5.43 Å². The van der Waals surface area contributed by atoms with E-state index in [9.17, 15) is 9.59 Å². The van der Waals surface area contributed by atoms with Crippen molar-refractivity contribution in [2.75, 3.05) is 11.6 Å². The van der Waals surface area contributed by atoms with Gasteiger partial charge in [-0.3, -0.25) is 20.0 Å². The van der Waals surface area contributed by atoms with Gasteiger partial charge in [-0.25, -0.2) is 5.01 Å². The molecule has 1 aromatic rings. The van der Waals surface area contributed by atoms with E-state index in [-0.39, 0.29) is 18.9 Å². The number of para-hydroxylation sites is 1. The summed E-state index contributed by atoms with van der Waals surface area (Å²) in [5.41, 5.74) is 3.49. The summed E-state index contributed by atoms with van der Waals surface area (Å²) in [6, 6.07) is 9.05. The molecule has 0 atom stereocenters. The number of aliphatic carboxylic acids is 1. The summed E-state index contributed by atoms with van der Waals surface area (Å²) in [6.45, 7) is -0.335. The molecule has 1 amide bonds. The predicted molar refractivity (Wildman–Crippen MR) is 61.6 cm³/mol. The molecule has 1 aromatic carbocycles. The maximum absolute atomic E-state index is 11.7. The molecule has 2 rings (SSSR count). The molecule has 0 saturated carbocycles. The van der Waals surface area contributed by atoms with Crippen LogP contribution in [0, 0.1) is 0 Å². The Balaban J connectivity index is 2.11. The van der Waals surface area contributed by atoms with Crippen LogP contribution < -0.4 is 10.4 Å². The van der Waals surface area contributed by atoms with Crippen LogP contribution in [0.4, 0.5) is 5.69 Å². The zero-order valence-corrected chi connectivity index (χ0v) is 8.96. The monoisotopic (exact) mass is 233 g/mol. The van der Waals surface area contributed by atoms with Crippen molar-refractivity contribution in [3.63, 3.8) is 0 Å². The first kappa shape index (κ1) is 11.1. The van der Waals surface area contributed by atoms with Gasteiger partial charge in [-0.1, -0.05) is 18.2 Å². The van der Waals surface area contributed by atoms with Gasteiger partial charge in [-0.05, 0) is 12.1 Å². The van der Waals surface area contributed by atoms with Gasteiger partial charge in [0, 0.05) is 0 Å². The average molecular weight is 233 g/mol. The number of carbonyl (C=O) groups excluding carboxylic acids is 1. The zero-order chi connectivity index (χ0) is 12.3. The van der Waals surface area contributed by atoms with E-state index in [4.69, 9.17) is 5.11 Å². The minimum atomic E-state index is -1.02. The Morgan fingerprint density at radius 3 is 2.76 bits per heavy atom. The van der Waals surface area contributed by atoms with Gasteiger partial charge >= 0.3 is 5.97 Å². The predicted octanol–water partition coefficient (Wildman–Crippen LogP) is 0.411. The summed E-state index contributed by atoms with van der Waals surface area (Å²) >= 11 is 0. The third-order valence-electron chi connectivity index (χ3n) is 2.23. The molecule has 1 aliphatic rings. The molecule has 1 saturated heterocycles. The molecule has 6 heteroatoms. The number of hydrogen-bond acceptors (Lipinski definition) is 3. The molecule has 0 bridgehead atoms. The lowest BCUT2D eigenvalue weighted by Crippen LogP contribution is -2.35. The number of carboxylic acid groups (broad SMARTS) is 1. The van der Waals surface area contributed by atoms with Gasteiger partial charge in [-0.15, -0.1) is 0 Å². The second kappa shape index (κ2) is 4.65. The number of carboxylic acids is 1. The van der Waals surface area contributed by atoms with E-state index in [1.165, 1.54) is 5.01 Å². The van der Waals surface area contributed by atoms with Crippen molar-refractivity contribution in [1.29, 1.82) is 0 Å². The highest BCUT2D eigenvalue weighted by Gasteiger charge is 2.26. The quantitative estimate of drug-likeness (QED) is 0.792. The van der Waals surface area contributed by atoms with Gasteiger partial charge in [0.05, 0.1) is 12.1 Å². The van der Waals surface area contributed by atoms with Crippen LogP contribution >= 0.6 is 0 Å². The van der Waals surface area contributed by atoms with Gasteiger partial charge in [0.15, 0.2) is 0 Å². The first-order valence-electron chi connectivity index (χ1n) is 5.06. The van der Waals surface area contributed by atoms with Crippen LogP contribution in [0.5, 0.6) is 0 Å². The first-order valence-corrected chi connectivity index (χ1v) is 5.06. The number of carbonyl (C=O) groups is 2. The summed E-state index contributed by atoms with van der Waals surface area (Å²) in [6.07, 6.45) is 0.0994. The number of nitrogens with one attached hydrogen (secondary N) is 1. The molecule has 6 nitrogen and oxygen atoms in total. The van der Waals surface area contributed by atoms with E-state index in [1.807, 2.05) is 18.2 Å². The number of hydrogen-bond donors (Lipinski definition) is 2. The topological polar surface area (TPSA) is 82.0 Å². The van der Waals surface area contributed by atoms with Gasteiger partial charge in [0.2, 0.25) is 0 Å². The number of nitrogens with zero attached hydrogens (tertiary/aromatic N) is 2. The molecule has 1 aliphatic heterocycles. The van der Waals surface area contributed by atoms with Crippen LogP contribution in [0.1, 0.15) is 6.42 Å². The Kier molecular flexibility index (Phi) is 3.04. The second-order valence-electron chi connectivity index (χ2n) is 3.51. The fraction of sp³-hybridized carbons (Fsp3) is 0.182. The maximum atomic E-state index is 11.7. The van der Waals surface area contributed by atoms with E-state index < -0.39 is 5.97 Å². The standard InChI is InChI=1S/C11H11N3O3/c15-10-6-9(12-7-11(16)17)13-14(10)8-4-2-1-3-5-8/h1-5H,6-7H2,(H,12,13)(H,16,17). The van der Waals surface area contributed by atoms with E-state index in [2.05, 4.69) is 10.4 Å². The molecule has 0 unspecified atom stereocenters. The molecular weight excluding hydrogens is 222 g/mol. The van der Waals surface area contributed by atoms with E-state index in [0.717, 1.165) is 0 Å². The van der Waals surface area contributed by atoms with Crippen molar-refractivity contribution < 1.29 is 14.7 Å². The van der Waals surface area contributed by atoms with Crippen LogP contribution in [0.25, 0.3) is 0 Å². The van der Waals surface area contributed by atoms with Gasteiger partial charge in [-0.2, -0.15) is 0 Å². The summed E-state index contributed by atoms with van der Waals surface area (Å²) < 4.78 is 0. The molecule has 0 aliphatic carbocycles. The minimum Gasteiger partial charge on any atom is -0.480 e. The number of aliphatic imine (C=N–C) groups is 1. The lowest BCUT2D eigenvalue weighted by atomic mass is 10.3. The Bertz CT molecular complexity index is 470. The molecule has 0 aromatic heterocycles. The fourth-order valence-corrected chi connectivity index (χ4v) is 1.49. The van der Waals surface area contributed by atoms with Crippen LogP contribution in [0.3, 0.4) is 0 Å². The number of amides is 1. The maximum Gasteiger partial charge on any atom is 0.325 e. The molecule has 17 heavy (non-hydrogen) atoms. The fourth-order valence-electron chi connectivity index (χ4n) is 1.49. The van der Waals surface area contributed by atoms with Crippen molar-refractivity contribution in [3.05, 3.63) is 30.3 Å². The minimum absolute atomic E-state index is 0.0994. The number of hydrazine groups is 1. The van der Waals surface area contributed by atoms with Crippen LogP contribution in [-0.2, 0) is 9.59 Å². The SMILES string of the molecule is O=C(O)CN=C1CC(=O)N(c2ccccc2)N1. The Hall–Kier alpha value is -2.37. The smallest absolute Gasteiger partial charge is 0.325 e. The Labute approximate surface area is 97.5 Å². The van der Waals surface area contributed by atoms with Gasteiger partial charge in [0.1, 0.15) is 12.4 Å². The number of rotatable bonds is 3. The lowest BCUT2D eigenvalue weighted by Gasteiger charge is -2.15. The summed E-state index contributed by atoms with van der Waals surface area (Å²) in [4.78, 5) is 25.8. The largest absolute Gasteiger partial charge is 0.480 e. The van der Waals surface area contributed by atoms with E-state index >= 15 is 0 Å². The van der Waals surface area contributed by atoms with Crippen LogP contribution in [0.2, 0.25) is 0 Å². The zero-order valence-electron chi connectivity index (χ0n) is 8.96. The van der Waals surface area contributed by atoms with Crippen molar-refractivity contribution >= 4 is 23.4 Å². The van der Waals surface area contributed by atoms with Gasteiger partial charge < -0.3 is 5.11 Å². The highest BCUT2D eigenvalue weighted by atomic mass is 16.4. The van der Waals surface area contributed by atoms with E-state index in [0.29, 0.717) is 11.5 Å². The molecule has 1 fully saturated rings. The third-order valence-corrected chi connectivity index (χ3v) is 2.23. The molecule has 2 N–H and O–H groups in total. The van der Waals surface area contributed by atoms with Crippen molar-refractivity contribution in [2.24, 2.45) is 4.99 Å². The van der Waals surface area contributed by atoms with Crippen molar-refractivity contribution in [2.45, 2.75) is 6.42 Å². The van der Waals surface area contributed by atoms with Crippen LogP contribution in [0.15, 0.2) is 35.3 Å². The second-order valence-corrected chi connectivity index (χ2v) is 3.51. The summed E-state index contributed by atoms with van der Waals surface area (Å²) in [5, 5.41) is 9.85. The molecule has 0 radical (unpaired) electrons. The first-order chi connectivity index (χ1) is 8.16. The molecule has 1 heterocycles. The normalized spacial score (nSPS) is 17.3. The summed E-state index contributed by atoms with van der Waals surface area (Å²) in [7, 11) is 0. The summed E-state index contributed by atoms with van der Waals surface area (Å²) in [5.74, 6) is -0.800. The number of anilines is 1. The number of benzene rings is 1. The molecular formula is C11H11N3O3. The Morgan fingerprint density at radius 2 is 2.12 bits per heavy atom. The number of amidine groups is 1. The van der Waals surface area contributed by atoms with E-state index in [1.54, 1.807) is 12.1 Å². The van der Waals surface area contributed by atoms with Gasteiger partial charge in [0.25, 0.3) is 5.91 Å². The highest BCUT2D eigenvalue weighted by Crippen LogP contribution is 2.16. The Morgan fingerprint density at radius 1 is 1.41 bits per heavy atom. The molecule has 88 valence electrons. The van der Waals surface area contributed by atoms with Crippen LogP contribution in [-0.4, -0.2) is 29.4 Å². The molecule has 0 spiro atoms. The highest BCUT2D eigenvalue weighted by molar-refractivity contribution is 6.13.